The number of hydrogen-bond donors (Lipinski definition) is 2. The van der Waals surface area contributed by atoms with E-state index in [4.69, 9.17) is 4.74 Å². The number of halogens is 1. The number of carbonyl (C=O) groups excluding carboxylic acids is 1. The van der Waals surface area contributed by atoms with Crippen molar-refractivity contribution in [2.45, 2.75) is 6.92 Å². The van der Waals surface area contributed by atoms with Crippen molar-refractivity contribution in [1.29, 1.82) is 0 Å². The number of benzene rings is 1. The van der Waals surface area contributed by atoms with Crippen LogP contribution in [0.1, 0.15) is 17.3 Å². The number of anilines is 2. The number of ether oxygens (including phenoxy) is 1. The number of pyridine rings is 1. The van der Waals surface area contributed by atoms with Gasteiger partial charge in [-0.2, -0.15) is 0 Å². The molecule has 0 spiro atoms. The molecule has 0 atom stereocenters. The Morgan fingerprint density at radius 2 is 2.19 bits per heavy atom. The fourth-order valence-corrected chi connectivity index (χ4v) is 2.26. The maximum atomic E-state index is 12.4. The van der Waals surface area contributed by atoms with Crippen molar-refractivity contribution in [3.63, 3.8) is 0 Å². The summed E-state index contributed by atoms with van der Waals surface area (Å²) in [6.45, 7) is 2.71. The number of carbonyl (C=O) groups is 1. The summed E-state index contributed by atoms with van der Waals surface area (Å²) >= 11 is 3.38. The van der Waals surface area contributed by atoms with Gasteiger partial charge in [0.2, 0.25) is 0 Å². The summed E-state index contributed by atoms with van der Waals surface area (Å²) in [6.07, 6.45) is 3.20. The molecule has 2 aromatic rings. The van der Waals surface area contributed by atoms with Gasteiger partial charge in [-0.05, 0) is 41.1 Å². The van der Waals surface area contributed by atoms with Gasteiger partial charge in [0.05, 0.1) is 22.8 Å². The standard InChI is InChI=1S/C15H16BrN3O2/c1-3-18-13-6-7-17-9-11(13)15(20)19-10-4-5-12(16)14(8-10)21-2/h4-9H,3H2,1-2H3,(H,17,18)(H,19,20). The Morgan fingerprint density at radius 1 is 1.38 bits per heavy atom. The minimum atomic E-state index is -0.219. The highest BCUT2D eigenvalue weighted by molar-refractivity contribution is 9.10. The average Bonchev–Trinajstić information content (AvgIpc) is 2.50. The Bertz CT molecular complexity index is 647. The predicted molar refractivity (Wildman–Crippen MR) is 87.0 cm³/mol. The summed E-state index contributed by atoms with van der Waals surface area (Å²) in [5.74, 6) is 0.439. The maximum Gasteiger partial charge on any atom is 0.259 e. The zero-order valence-corrected chi connectivity index (χ0v) is 13.4. The molecule has 0 aliphatic heterocycles. The lowest BCUT2D eigenvalue weighted by Crippen LogP contribution is -2.15. The van der Waals surface area contributed by atoms with E-state index in [1.807, 2.05) is 13.0 Å². The van der Waals surface area contributed by atoms with Crippen LogP contribution in [0.5, 0.6) is 5.75 Å². The molecule has 0 radical (unpaired) electrons. The topological polar surface area (TPSA) is 63.2 Å². The molecule has 2 rings (SSSR count). The zero-order chi connectivity index (χ0) is 15.2. The molecule has 0 unspecified atom stereocenters. The number of rotatable bonds is 5. The van der Waals surface area contributed by atoms with Crippen molar-refractivity contribution in [1.82, 2.24) is 4.98 Å². The molecule has 21 heavy (non-hydrogen) atoms. The largest absolute Gasteiger partial charge is 0.495 e. The summed E-state index contributed by atoms with van der Waals surface area (Å²) in [6, 6.07) is 7.16. The molecule has 110 valence electrons. The number of hydrogen-bond acceptors (Lipinski definition) is 4. The van der Waals surface area contributed by atoms with Crippen LogP contribution in [0.15, 0.2) is 41.1 Å². The molecule has 5 nitrogen and oxygen atoms in total. The summed E-state index contributed by atoms with van der Waals surface area (Å²) in [5, 5.41) is 5.98. The number of nitrogens with zero attached hydrogens (tertiary/aromatic N) is 1. The van der Waals surface area contributed by atoms with Crippen LogP contribution in [-0.2, 0) is 0 Å². The van der Waals surface area contributed by atoms with Crippen LogP contribution < -0.4 is 15.4 Å². The Labute approximate surface area is 131 Å². The highest BCUT2D eigenvalue weighted by Crippen LogP contribution is 2.28. The van der Waals surface area contributed by atoms with Crippen LogP contribution in [0.25, 0.3) is 0 Å². The van der Waals surface area contributed by atoms with Crippen LogP contribution >= 0.6 is 15.9 Å². The molecule has 1 aromatic heterocycles. The first kappa shape index (κ1) is 15.3. The normalized spacial score (nSPS) is 10.0. The molecule has 0 saturated heterocycles. The third-order valence-corrected chi connectivity index (χ3v) is 3.50. The lowest BCUT2D eigenvalue weighted by atomic mass is 10.2. The van der Waals surface area contributed by atoms with Crippen molar-refractivity contribution in [3.8, 4) is 5.75 Å². The van der Waals surface area contributed by atoms with Crippen molar-refractivity contribution < 1.29 is 9.53 Å². The van der Waals surface area contributed by atoms with E-state index >= 15 is 0 Å². The van der Waals surface area contributed by atoms with Gasteiger partial charge in [0.1, 0.15) is 5.75 Å². The first-order chi connectivity index (χ1) is 10.2. The smallest absolute Gasteiger partial charge is 0.259 e. The van der Waals surface area contributed by atoms with Crippen LogP contribution in [0.2, 0.25) is 0 Å². The second-order valence-electron chi connectivity index (χ2n) is 4.26. The van der Waals surface area contributed by atoms with E-state index < -0.39 is 0 Å². The van der Waals surface area contributed by atoms with Gasteiger partial charge in [0.25, 0.3) is 5.91 Å². The molecule has 2 N–H and O–H groups in total. The number of amides is 1. The number of nitrogens with one attached hydrogen (secondary N) is 2. The van der Waals surface area contributed by atoms with E-state index in [1.54, 1.807) is 37.7 Å². The average molecular weight is 350 g/mol. The number of aromatic nitrogens is 1. The van der Waals surface area contributed by atoms with E-state index in [0.717, 1.165) is 16.7 Å². The Hall–Kier alpha value is -2.08. The third kappa shape index (κ3) is 3.72. The summed E-state index contributed by atoms with van der Waals surface area (Å²) in [5.41, 5.74) is 1.92. The Kier molecular flexibility index (Phi) is 5.16. The SMILES string of the molecule is CCNc1ccncc1C(=O)Nc1ccc(Br)c(OC)c1. The lowest BCUT2D eigenvalue weighted by molar-refractivity contribution is 0.102. The van der Waals surface area contributed by atoms with Crippen molar-refractivity contribution in [2.75, 3.05) is 24.3 Å². The molecule has 1 amide bonds. The van der Waals surface area contributed by atoms with Gasteiger partial charge in [0, 0.05) is 30.7 Å². The molecule has 0 bridgehead atoms. The molecule has 0 aliphatic carbocycles. The molecule has 0 saturated carbocycles. The Balaban J connectivity index is 2.22. The molecule has 1 heterocycles. The van der Waals surface area contributed by atoms with E-state index in [1.165, 1.54) is 0 Å². The fraction of sp³-hybridized carbons (Fsp3) is 0.200. The molecular weight excluding hydrogens is 334 g/mol. The number of methoxy groups -OCH3 is 1. The highest BCUT2D eigenvalue weighted by Gasteiger charge is 2.12. The van der Waals surface area contributed by atoms with Crippen LogP contribution in [0.3, 0.4) is 0 Å². The minimum absolute atomic E-state index is 0.219. The van der Waals surface area contributed by atoms with Crippen molar-refractivity contribution in [3.05, 3.63) is 46.7 Å². The quantitative estimate of drug-likeness (QED) is 0.866. The van der Waals surface area contributed by atoms with Gasteiger partial charge >= 0.3 is 0 Å². The van der Waals surface area contributed by atoms with Crippen molar-refractivity contribution in [2.24, 2.45) is 0 Å². The van der Waals surface area contributed by atoms with Crippen LogP contribution in [0, 0.1) is 0 Å². The summed E-state index contributed by atoms with van der Waals surface area (Å²) < 4.78 is 6.04. The first-order valence-corrected chi connectivity index (χ1v) is 7.27. The lowest BCUT2D eigenvalue weighted by Gasteiger charge is -2.11. The molecule has 1 aromatic carbocycles. The molecule has 0 aliphatic rings. The van der Waals surface area contributed by atoms with Gasteiger partial charge < -0.3 is 15.4 Å². The van der Waals surface area contributed by atoms with E-state index in [0.29, 0.717) is 17.0 Å². The van der Waals surface area contributed by atoms with Gasteiger partial charge in [-0.3, -0.25) is 9.78 Å². The van der Waals surface area contributed by atoms with Crippen LogP contribution in [-0.4, -0.2) is 24.5 Å². The zero-order valence-electron chi connectivity index (χ0n) is 11.8. The van der Waals surface area contributed by atoms with Gasteiger partial charge in [-0.15, -0.1) is 0 Å². The first-order valence-electron chi connectivity index (χ1n) is 6.48. The molecule has 0 fully saturated rings. The second-order valence-corrected chi connectivity index (χ2v) is 5.11. The molecular formula is C15H16BrN3O2. The van der Waals surface area contributed by atoms with Gasteiger partial charge in [-0.25, -0.2) is 0 Å². The molecule has 6 heteroatoms. The van der Waals surface area contributed by atoms with Gasteiger partial charge in [0.15, 0.2) is 0 Å². The predicted octanol–water partition coefficient (Wildman–Crippen LogP) is 3.54. The summed E-state index contributed by atoms with van der Waals surface area (Å²) in [7, 11) is 1.58. The Morgan fingerprint density at radius 3 is 2.90 bits per heavy atom. The van der Waals surface area contributed by atoms with E-state index in [9.17, 15) is 4.79 Å². The second kappa shape index (κ2) is 7.08. The minimum Gasteiger partial charge on any atom is -0.495 e. The monoisotopic (exact) mass is 349 g/mol. The van der Waals surface area contributed by atoms with Crippen LogP contribution in [0.4, 0.5) is 11.4 Å². The van der Waals surface area contributed by atoms with E-state index in [-0.39, 0.29) is 5.91 Å². The summed E-state index contributed by atoms with van der Waals surface area (Å²) in [4.78, 5) is 16.4. The van der Waals surface area contributed by atoms with Gasteiger partial charge in [-0.1, -0.05) is 0 Å². The third-order valence-electron chi connectivity index (χ3n) is 2.84. The van der Waals surface area contributed by atoms with E-state index in [2.05, 4.69) is 31.5 Å². The fourth-order valence-electron chi connectivity index (χ4n) is 1.86. The maximum absolute atomic E-state index is 12.4. The highest BCUT2D eigenvalue weighted by atomic mass is 79.9. The van der Waals surface area contributed by atoms with Crippen molar-refractivity contribution >= 4 is 33.2 Å².